The molecule has 4 nitrogen and oxygen atoms in total. The van der Waals surface area contributed by atoms with E-state index in [1.165, 1.54) is 18.4 Å². The molecule has 2 aromatic rings. The van der Waals surface area contributed by atoms with Crippen molar-refractivity contribution in [3.05, 3.63) is 30.2 Å². The summed E-state index contributed by atoms with van der Waals surface area (Å²) in [6.45, 7) is 2.21. The number of fused-ring (bicyclic) bond motifs is 1. The number of nitrogens with zero attached hydrogens (tertiary/aromatic N) is 3. The fraction of sp³-hybridized carbons (Fsp3) is 0.455. The summed E-state index contributed by atoms with van der Waals surface area (Å²) >= 11 is 0. The zero-order valence-electron chi connectivity index (χ0n) is 8.56. The first kappa shape index (κ1) is 8.85. The summed E-state index contributed by atoms with van der Waals surface area (Å²) in [6, 6.07) is 4.22. The average molecular weight is 202 g/mol. The number of aromatic nitrogens is 3. The number of piperidine rings is 1. The van der Waals surface area contributed by atoms with Crippen molar-refractivity contribution in [1.82, 2.24) is 19.9 Å². The van der Waals surface area contributed by atoms with Gasteiger partial charge in [0.1, 0.15) is 6.33 Å². The molecule has 1 atom stereocenters. The maximum Gasteiger partial charge on any atom is 0.158 e. The van der Waals surface area contributed by atoms with Crippen LogP contribution in [0.4, 0.5) is 0 Å². The highest BCUT2D eigenvalue weighted by molar-refractivity contribution is 5.48. The fourth-order valence-electron chi connectivity index (χ4n) is 2.30. The van der Waals surface area contributed by atoms with Crippen LogP contribution in [0.2, 0.25) is 0 Å². The van der Waals surface area contributed by atoms with Crippen molar-refractivity contribution in [2.45, 2.75) is 18.8 Å². The Morgan fingerprint density at radius 3 is 3.33 bits per heavy atom. The summed E-state index contributed by atoms with van der Waals surface area (Å²) in [5.41, 5.74) is 2.33. The minimum Gasteiger partial charge on any atom is -0.316 e. The Morgan fingerprint density at radius 2 is 2.47 bits per heavy atom. The molecule has 1 aliphatic heterocycles. The van der Waals surface area contributed by atoms with Gasteiger partial charge in [0.2, 0.25) is 0 Å². The topological polar surface area (TPSA) is 42.2 Å². The summed E-state index contributed by atoms with van der Waals surface area (Å²) in [7, 11) is 0. The molecule has 1 N–H and O–H groups in total. The molecular formula is C11H14N4. The largest absolute Gasteiger partial charge is 0.316 e. The monoisotopic (exact) mass is 202 g/mol. The van der Waals surface area contributed by atoms with E-state index in [0.29, 0.717) is 5.92 Å². The third-order valence-corrected chi connectivity index (χ3v) is 3.07. The summed E-state index contributed by atoms with van der Waals surface area (Å²) in [4.78, 5) is 4.32. The predicted octanol–water partition coefficient (Wildman–Crippen LogP) is 1.20. The van der Waals surface area contributed by atoms with Gasteiger partial charge in [0.15, 0.2) is 5.65 Å². The average Bonchev–Trinajstić information content (AvgIpc) is 2.78. The SMILES string of the molecule is c1cc(C2CCCNC2)c2ncnn2c1. The zero-order valence-corrected chi connectivity index (χ0v) is 8.56. The van der Waals surface area contributed by atoms with Crippen molar-refractivity contribution in [3.63, 3.8) is 0 Å². The van der Waals surface area contributed by atoms with Gasteiger partial charge in [-0.25, -0.2) is 9.50 Å². The van der Waals surface area contributed by atoms with Gasteiger partial charge in [-0.1, -0.05) is 6.07 Å². The van der Waals surface area contributed by atoms with E-state index in [4.69, 9.17) is 0 Å². The lowest BCUT2D eigenvalue weighted by Crippen LogP contribution is -2.28. The van der Waals surface area contributed by atoms with Crippen LogP contribution in [0, 0.1) is 0 Å². The first-order chi connectivity index (χ1) is 7.45. The molecule has 1 saturated heterocycles. The van der Waals surface area contributed by atoms with Crippen LogP contribution in [0.25, 0.3) is 5.65 Å². The highest BCUT2D eigenvalue weighted by Crippen LogP contribution is 2.25. The van der Waals surface area contributed by atoms with Crippen LogP contribution in [0.3, 0.4) is 0 Å². The van der Waals surface area contributed by atoms with Crippen LogP contribution in [-0.2, 0) is 0 Å². The summed E-state index contributed by atoms with van der Waals surface area (Å²) in [5.74, 6) is 0.589. The predicted molar refractivity (Wildman–Crippen MR) is 57.8 cm³/mol. The second kappa shape index (κ2) is 3.62. The lowest BCUT2D eigenvalue weighted by atomic mass is 9.92. The van der Waals surface area contributed by atoms with E-state index in [0.717, 1.165) is 18.7 Å². The van der Waals surface area contributed by atoms with E-state index in [1.54, 1.807) is 6.33 Å². The molecule has 4 heteroatoms. The molecule has 78 valence electrons. The van der Waals surface area contributed by atoms with Crippen molar-refractivity contribution >= 4 is 5.65 Å². The molecule has 0 bridgehead atoms. The van der Waals surface area contributed by atoms with Gasteiger partial charge in [0.05, 0.1) is 0 Å². The Morgan fingerprint density at radius 1 is 1.47 bits per heavy atom. The second-order valence-electron chi connectivity index (χ2n) is 4.04. The Bertz CT molecular complexity index is 456. The first-order valence-corrected chi connectivity index (χ1v) is 5.44. The van der Waals surface area contributed by atoms with Crippen molar-refractivity contribution in [2.75, 3.05) is 13.1 Å². The standard InChI is InChI=1S/C11H14N4/c1-3-9(7-12-5-1)10-4-2-6-15-11(10)13-8-14-15/h2,4,6,8-9,12H,1,3,5,7H2. The Hall–Kier alpha value is -1.42. The van der Waals surface area contributed by atoms with E-state index in [-0.39, 0.29) is 0 Å². The number of rotatable bonds is 1. The van der Waals surface area contributed by atoms with Crippen molar-refractivity contribution in [1.29, 1.82) is 0 Å². The zero-order chi connectivity index (χ0) is 10.1. The van der Waals surface area contributed by atoms with E-state index < -0.39 is 0 Å². The molecule has 0 saturated carbocycles. The highest BCUT2D eigenvalue weighted by atomic mass is 15.3. The second-order valence-corrected chi connectivity index (χ2v) is 4.04. The maximum absolute atomic E-state index is 4.32. The van der Waals surface area contributed by atoms with Gasteiger partial charge in [0.25, 0.3) is 0 Å². The lowest BCUT2D eigenvalue weighted by molar-refractivity contribution is 0.462. The number of hydrogen-bond donors (Lipinski definition) is 1. The molecule has 1 unspecified atom stereocenters. The highest BCUT2D eigenvalue weighted by Gasteiger charge is 2.18. The van der Waals surface area contributed by atoms with Crippen LogP contribution in [0.15, 0.2) is 24.7 Å². The van der Waals surface area contributed by atoms with E-state index >= 15 is 0 Å². The van der Waals surface area contributed by atoms with Crippen LogP contribution >= 0.6 is 0 Å². The minimum absolute atomic E-state index is 0.589. The van der Waals surface area contributed by atoms with Gasteiger partial charge < -0.3 is 5.32 Å². The van der Waals surface area contributed by atoms with Crippen molar-refractivity contribution in [3.8, 4) is 0 Å². The molecule has 0 spiro atoms. The van der Waals surface area contributed by atoms with Gasteiger partial charge in [-0.3, -0.25) is 0 Å². The molecule has 3 heterocycles. The number of pyridine rings is 1. The Balaban J connectivity index is 2.05. The minimum atomic E-state index is 0.589. The summed E-state index contributed by atoms with van der Waals surface area (Å²) < 4.78 is 1.85. The normalized spacial score (nSPS) is 22.0. The van der Waals surface area contributed by atoms with Crippen LogP contribution < -0.4 is 5.32 Å². The van der Waals surface area contributed by atoms with Gasteiger partial charge in [-0.05, 0) is 25.5 Å². The van der Waals surface area contributed by atoms with Gasteiger partial charge >= 0.3 is 0 Å². The van der Waals surface area contributed by atoms with E-state index in [2.05, 4.69) is 21.5 Å². The van der Waals surface area contributed by atoms with Crippen LogP contribution in [-0.4, -0.2) is 27.7 Å². The quantitative estimate of drug-likeness (QED) is 0.755. The van der Waals surface area contributed by atoms with E-state index in [9.17, 15) is 0 Å². The maximum atomic E-state index is 4.32. The molecule has 15 heavy (non-hydrogen) atoms. The lowest BCUT2D eigenvalue weighted by Gasteiger charge is -2.23. The Kier molecular flexibility index (Phi) is 2.14. The molecule has 0 aromatic carbocycles. The van der Waals surface area contributed by atoms with Crippen LogP contribution in [0.1, 0.15) is 24.3 Å². The number of nitrogens with one attached hydrogen (secondary N) is 1. The molecule has 0 amide bonds. The third kappa shape index (κ3) is 1.51. The van der Waals surface area contributed by atoms with Crippen LogP contribution in [0.5, 0.6) is 0 Å². The molecular weight excluding hydrogens is 188 g/mol. The number of hydrogen-bond acceptors (Lipinski definition) is 3. The molecule has 0 aliphatic carbocycles. The van der Waals surface area contributed by atoms with Gasteiger partial charge in [-0.2, -0.15) is 5.10 Å². The van der Waals surface area contributed by atoms with Gasteiger partial charge in [0, 0.05) is 24.2 Å². The first-order valence-electron chi connectivity index (χ1n) is 5.44. The fourth-order valence-corrected chi connectivity index (χ4v) is 2.30. The van der Waals surface area contributed by atoms with Gasteiger partial charge in [-0.15, -0.1) is 0 Å². The molecule has 1 fully saturated rings. The third-order valence-electron chi connectivity index (χ3n) is 3.07. The van der Waals surface area contributed by atoms with Crippen molar-refractivity contribution < 1.29 is 0 Å². The molecule has 3 rings (SSSR count). The summed E-state index contributed by atoms with van der Waals surface area (Å²) in [5, 5.41) is 7.59. The molecule has 1 aliphatic rings. The van der Waals surface area contributed by atoms with Crippen molar-refractivity contribution in [2.24, 2.45) is 0 Å². The molecule has 2 aromatic heterocycles. The Labute approximate surface area is 88.3 Å². The summed E-state index contributed by atoms with van der Waals surface area (Å²) in [6.07, 6.45) is 6.07. The van der Waals surface area contributed by atoms with E-state index in [1.807, 2.05) is 16.8 Å². The molecule has 0 radical (unpaired) electrons. The smallest absolute Gasteiger partial charge is 0.158 e.